The summed E-state index contributed by atoms with van der Waals surface area (Å²) in [6.07, 6.45) is 6.60. The highest BCUT2D eigenvalue weighted by Gasteiger charge is 2.11. The van der Waals surface area contributed by atoms with E-state index in [0.717, 1.165) is 40.5 Å². The van der Waals surface area contributed by atoms with Gasteiger partial charge in [-0.05, 0) is 60.8 Å². The Morgan fingerprint density at radius 1 is 0.900 bits per heavy atom. The van der Waals surface area contributed by atoms with Gasteiger partial charge in [0, 0.05) is 16.8 Å². The Morgan fingerprint density at radius 3 is 2.57 bits per heavy atom. The van der Waals surface area contributed by atoms with E-state index in [0.29, 0.717) is 0 Å². The van der Waals surface area contributed by atoms with Gasteiger partial charge in [0.05, 0.1) is 16.7 Å². The molecular formula is C25H27N3S2. The fourth-order valence-electron chi connectivity index (χ4n) is 3.55. The molecule has 0 spiro atoms. The Bertz CT molecular complexity index is 1040. The molecule has 30 heavy (non-hydrogen) atoms. The van der Waals surface area contributed by atoms with Crippen LogP contribution in [-0.4, -0.2) is 20.7 Å². The van der Waals surface area contributed by atoms with E-state index >= 15 is 0 Å². The normalized spacial score (nSPS) is 11.2. The number of hydrogen-bond acceptors (Lipinski definition) is 4. The fourth-order valence-corrected chi connectivity index (χ4v) is 5.58. The lowest BCUT2D eigenvalue weighted by Gasteiger charge is -2.12. The lowest BCUT2D eigenvalue weighted by Crippen LogP contribution is -1.98. The molecule has 0 amide bonds. The van der Waals surface area contributed by atoms with Gasteiger partial charge in [-0.2, -0.15) is 0 Å². The molecule has 0 fully saturated rings. The van der Waals surface area contributed by atoms with Crippen molar-refractivity contribution >= 4 is 34.6 Å². The average Bonchev–Trinajstić information content (AvgIpc) is 3.21. The second-order valence-corrected chi connectivity index (χ2v) is 9.33. The van der Waals surface area contributed by atoms with Gasteiger partial charge in [-0.25, -0.2) is 4.98 Å². The van der Waals surface area contributed by atoms with Crippen LogP contribution in [0.2, 0.25) is 0 Å². The minimum absolute atomic E-state index is 0.839. The number of unbranched alkanes of at least 4 members (excludes halogenated alkanes) is 1. The van der Waals surface area contributed by atoms with E-state index in [1.807, 2.05) is 36.2 Å². The first kappa shape index (κ1) is 21.0. The van der Waals surface area contributed by atoms with Crippen molar-refractivity contribution in [1.29, 1.82) is 0 Å². The SMILES string of the molecule is CCc1c(SCCCCc2ccccc2)ccnc1CSc1nc2ccccc2[nH]1. The predicted molar refractivity (Wildman–Crippen MR) is 129 cm³/mol. The van der Waals surface area contributed by atoms with Crippen molar-refractivity contribution < 1.29 is 0 Å². The number of hydrogen-bond donors (Lipinski definition) is 1. The number of imidazole rings is 1. The largest absolute Gasteiger partial charge is 0.333 e. The number of aryl methyl sites for hydroxylation is 1. The van der Waals surface area contributed by atoms with Gasteiger partial charge in [0.2, 0.25) is 0 Å². The maximum Gasteiger partial charge on any atom is 0.166 e. The molecule has 5 heteroatoms. The van der Waals surface area contributed by atoms with Gasteiger partial charge in [0.15, 0.2) is 5.16 Å². The highest BCUT2D eigenvalue weighted by molar-refractivity contribution is 7.99. The van der Waals surface area contributed by atoms with Gasteiger partial charge in [0.1, 0.15) is 0 Å². The molecule has 0 radical (unpaired) electrons. The summed E-state index contributed by atoms with van der Waals surface area (Å²) < 4.78 is 0. The smallest absolute Gasteiger partial charge is 0.166 e. The summed E-state index contributed by atoms with van der Waals surface area (Å²) in [6, 6.07) is 21.1. The number of nitrogens with one attached hydrogen (secondary N) is 1. The third kappa shape index (κ3) is 5.46. The second kappa shape index (κ2) is 10.7. The lowest BCUT2D eigenvalue weighted by atomic mass is 10.1. The molecule has 2 aromatic carbocycles. The van der Waals surface area contributed by atoms with Gasteiger partial charge >= 0.3 is 0 Å². The lowest BCUT2D eigenvalue weighted by molar-refractivity contribution is 0.802. The Morgan fingerprint density at radius 2 is 1.73 bits per heavy atom. The summed E-state index contributed by atoms with van der Waals surface area (Å²) in [5.41, 5.74) is 6.10. The molecule has 0 bridgehead atoms. The number of nitrogens with zero attached hydrogens (tertiary/aromatic N) is 2. The molecule has 4 aromatic rings. The summed E-state index contributed by atoms with van der Waals surface area (Å²) in [7, 11) is 0. The molecule has 0 atom stereocenters. The van der Waals surface area contributed by atoms with Crippen molar-refractivity contribution in [3.8, 4) is 0 Å². The van der Waals surface area contributed by atoms with Crippen LogP contribution >= 0.6 is 23.5 Å². The van der Waals surface area contributed by atoms with Crippen LogP contribution in [0.3, 0.4) is 0 Å². The Kier molecular flexibility index (Phi) is 7.49. The third-order valence-electron chi connectivity index (χ3n) is 5.13. The fraction of sp³-hybridized carbons (Fsp3) is 0.280. The van der Waals surface area contributed by atoms with E-state index in [2.05, 4.69) is 64.3 Å². The number of aromatic nitrogens is 3. The van der Waals surface area contributed by atoms with Crippen LogP contribution in [0.15, 0.2) is 76.9 Å². The molecular weight excluding hydrogens is 406 g/mol. The molecule has 4 rings (SSSR count). The van der Waals surface area contributed by atoms with Crippen LogP contribution in [0, 0.1) is 0 Å². The van der Waals surface area contributed by atoms with Gasteiger partial charge in [-0.3, -0.25) is 4.98 Å². The number of aromatic amines is 1. The molecule has 0 unspecified atom stereocenters. The molecule has 1 N–H and O–H groups in total. The van der Waals surface area contributed by atoms with E-state index in [9.17, 15) is 0 Å². The van der Waals surface area contributed by atoms with Crippen LogP contribution in [0.4, 0.5) is 0 Å². The summed E-state index contributed by atoms with van der Waals surface area (Å²) in [6.45, 7) is 2.23. The predicted octanol–water partition coefficient (Wildman–Crippen LogP) is 6.93. The number of para-hydroxylation sites is 2. The van der Waals surface area contributed by atoms with Crippen molar-refractivity contribution in [2.75, 3.05) is 5.75 Å². The first-order valence-electron chi connectivity index (χ1n) is 10.5. The zero-order valence-electron chi connectivity index (χ0n) is 17.3. The first-order valence-corrected chi connectivity index (χ1v) is 12.5. The van der Waals surface area contributed by atoms with E-state index < -0.39 is 0 Å². The maximum absolute atomic E-state index is 4.69. The van der Waals surface area contributed by atoms with Gasteiger partial charge < -0.3 is 4.98 Å². The topological polar surface area (TPSA) is 41.6 Å². The zero-order chi connectivity index (χ0) is 20.6. The standard InChI is InChI=1S/C25H27N3S2/c1-2-20-23(18-30-25-27-21-13-6-7-14-22(21)28-25)26-16-15-24(20)29-17-9-8-12-19-10-4-3-5-11-19/h3-7,10-11,13-16H,2,8-9,12,17-18H2,1H3,(H,27,28). The van der Waals surface area contributed by atoms with E-state index in [-0.39, 0.29) is 0 Å². The van der Waals surface area contributed by atoms with Crippen molar-refractivity contribution in [3.05, 3.63) is 83.7 Å². The van der Waals surface area contributed by atoms with Crippen LogP contribution in [0.25, 0.3) is 11.0 Å². The molecule has 0 aliphatic heterocycles. The Labute approximate surface area is 187 Å². The Balaban J connectivity index is 1.32. The van der Waals surface area contributed by atoms with Crippen LogP contribution in [0.5, 0.6) is 0 Å². The number of fused-ring (bicyclic) bond motifs is 1. The summed E-state index contributed by atoms with van der Waals surface area (Å²) in [4.78, 5) is 14.1. The number of H-pyrrole nitrogens is 1. The molecule has 2 heterocycles. The van der Waals surface area contributed by atoms with Gasteiger partial charge in [0.25, 0.3) is 0 Å². The second-order valence-electron chi connectivity index (χ2n) is 7.23. The molecule has 0 saturated heterocycles. The third-order valence-corrected chi connectivity index (χ3v) is 7.20. The van der Waals surface area contributed by atoms with E-state index in [4.69, 9.17) is 0 Å². The first-order chi connectivity index (χ1) is 14.8. The van der Waals surface area contributed by atoms with Crippen molar-refractivity contribution in [2.24, 2.45) is 0 Å². The maximum atomic E-state index is 4.69. The summed E-state index contributed by atoms with van der Waals surface area (Å²) in [5.74, 6) is 1.99. The number of pyridine rings is 1. The number of benzene rings is 2. The number of thioether (sulfide) groups is 2. The summed E-state index contributed by atoms with van der Waals surface area (Å²) >= 11 is 3.70. The van der Waals surface area contributed by atoms with Crippen LogP contribution in [-0.2, 0) is 18.6 Å². The highest BCUT2D eigenvalue weighted by atomic mass is 32.2. The molecule has 2 aromatic heterocycles. The van der Waals surface area contributed by atoms with Crippen molar-refractivity contribution in [3.63, 3.8) is 0 Å². The molecule has 154 valence electrons. The number of rotatable bonds is 10. The van der Waals surface area contributed by atoms with E-state index in [1.165, 1.54) is 34.6 Å². The molecule has 0 aliphatic carbocycles. The summed E-state index contributed by atoms with van der Waals surface area (Å²) in [5, 5.41) is 0.957. The minimum atomic E-state index is 0.839. The highest BCUT2D eigenvalue weighted by Crippen LogP contribution is 2.30. The van der Waals surface area contributed by atoms with Gasteiger partial charge in [-0.1, -0.05) is 61.2 Å². The molecule has 0 aliphatic rings. The zero-order valence-corrected chi connectivity index (χ0v) is 18.9. The minimum Gasteiger partial charge on any atom is -0.333 e. The molecule has 3 nitrogen and oxygen atoms in total. The van der Waals surface area contributed by atoms with Crippen molar-refractivity contribution in [1.82, 2.24) is 15.0 Å². The average molecular weight is 434 g/mol. The molecule has 0 saturated carbocycles. The quantitative estimate of drug-likeness (QED) is 0.217. The van der Waals surface area contributed by atoms with Crippen LogP contribution < -0.4 is 0 Å². The van der Waals surface area contributed by atoms with Crippen LogP contribution in [0.1, 0.15) is 36.6 Å². The monoisotopic (exact) mass is 433 g/mol. The Hall–Kier alpha value is -2.24. The van der Waals surface area contributed by atoms with Crippen molar-refractivity contribution in [2.45, 2.75) is 48.4 Å². The van der Waals surface area contributed by atoms with E-state index in [1.54, 1.807) is 11.8 Å². The van der Waals surface area contributed by atoms with Gasteiger partial charge in [-0.15, -0.1) is 11.8 Å².